The van der Waals surface area contributed by atoms with Gasteiger partial charge in [-0.15, -0.1) is 0 Å². The maximum absolute atomic E-state index is 3.20. The van der Waals surface area contributed by atoms with Gasteiger partial charge in [-0.05, 0) is 61.7 Å². The van der Waals surface area contributed by atoms with E-state index in [1.165, 1.54) is 27.8 Å². The maximum Gasteiger partial charge on any atom is -0.00114 e. The molecule has 0 aliphatic carbocycles. The van der Waals surface area contributed by atoms with Crippen molar-refractivity contribution >= 4 is 0 Å². The van der Waals surface area contributed by atoms with Gasteiger partial charge in [-0.2, -0.15) is 0 Å². The molecule has 0 fully saturated rings. The molecule has 0 aromatic heterocycles. The molecule has 1 nitrogen and oxygen atoms in total. The molecule has 0 amide bonds. The molecule has 0 spiro atoms. The van der Waals surface area contributed by atoms with E-state index in [0.29, 0.717) is 0 Å². The van der Waals surface area contributed by atoms with Crippen LogP contribution >= 0.6 is 0 Å². The lowest BCUT2D eigenvalue weighted by Crippen LogP contribution is -2.10. The van der Waals surface area contributed by atoms with Gasteiger partial charge in [0, 0.05) is 0 Å². The standard InChI is InChI=1S/C17H21N/c1-13-6-4-7-14(2)17(13)16-9-5-8-15(12-16)10-11-18-3/h4-9,12,18H,10-11H2,1-3H3. The van der Waals surface area contributed by atoms with E-state index in [4.69, 9.17) is 0 Å². The van der Waals surface area contributed by atoms with Crippen molar-refractivity contribution in [2.24, 2.45) is 0 Å². The summed E-state index contributed by atoms with van der Waals surface area (Å²) < 4.78 is 0. The summed E-state index contributed by atoms with van der Waals surface area (Å²) in [6, 6.07) is 15.4. The molecule has 0 bridgehead atoms. The highest BCUT2D eigenvalue weighted by Gasteiger charge is 2.05. The first-order valence-electron chi connectivity index (χ1n) is 6.52. The summed E-state index contributed by atoms with van der Waals surface area (Å²) in [5, 5.41) is 3.20. The van der Waals surface area contributed by atoms with Crippen LogP contribution in [0.3, 0.4) is 0 Å². The van der Waals surface area contributed by atoms with Crippen LogP contribution in [-0.4, -0.2) is 13.6 Å². The number of aryl methyl sites for hydroxylation is 2. The molecule has 0 saturated carbocycles. The SMILES string of the molecule is CNCCc1cccc(-c2c(C)cccc2C)c1. The number of nitrogens with one attached hydrogen (secondary N) is 1. The van der Waals surface area contributed by atoms with Crippen molar-refractivity contribution in [1.29, 1.82) is 0 Å². The third kappa shape index (κ3) is 2.80. The predicted molar refractivity (Wildman–Crippen MR) is 79.0 cm³/mol. The van der Waals surface area contributed by atoms with Crippen molar-refractivity contribution in [1.82, 2.24) is 5.32 Å². The Kier molecular flexibility index (Phi) is 4.16. The first-order chi connectivity index (χ1) is 8.72. The smallest absolute Gasteiger partial charge is 0.00114 e. The van der Waals surface area contributed by atoms with Gasteiger partial charge in [0.2, 0.25) is 0 Å². The van der Waals surface area contributed by atoms with E-state index < -0.39 is 0 Å². The first kappa shape index (κ1) is 12.8. The van der Waals surface area contributed by atoms with Crippen molar-refractivity contribution in [3.05, 3.63) is 59.2 Å². The lowest BCUT2D eigenvalue weighted by Gasteiger charge is -2.11. The van der Waals surface area contributed by atoms with Gasteiger partial charge < -0.3 is 5.32 Å². The van der Waals surface area contributed by atoms with Crippen molar-refractivity contribution < 1.29 is 0 Å². The molecular weight excluding hydrogens is 218 g/mol. The Balaban J connectivity index is 2.38. The Morgan fingerprint density at radius 3 is 2.28 bits per heavy atom. The van der Waals surface area contributed by atoms with Crippen molar-refractivity contribution in [3.63, 3.8) is 0 Å². The van der Waals surface area contributed by atoms with Crippen LogP contribution < -0.4 is 5.32 Å². The summed E-state index contributed by atoms with van der Waals surface area (Å²) in [7, 11) is 2.00. The van der Waals surface area contributed by atoms with E-state index in [0.717, 1.165) is 13.0 Å². The molecule has 0 unspecified atom stereocenters. The van der Waals surface area contributed by atoms with Crippen LogP contribution in [0.25, 0.3) is 11.1 Å². The summed E-state index contributed by atoms with van der Waals surface area (Å²) >= 11 is 0. The summed E-state index contributed by atoms with van der Waals surface area (Å²) in [6.45, 7) is 5.39. The highest BCUT2D eigenvalue weighted by Crippen LogP contribution is 2.27. The molecule has 18 heavy (non-hydrogen) atoms. The molecule has 1 heteroatoms. The van der Waals surface area contributed by atoms with E-state index in [1.807, 2.05) is 7.05 Å². The van der Waals surface area contributed by atoms with Crippen LogP contribution in [0.15, 0.2) is 42.5 Å². The Hall–Kier alpha value is -1.60. The highest BCUT2D eigenvalue weighted by molar-refractivity contribution is 5.71. The summed E-state index contributed by atoms with van der Waals surface area (Å²) in [4.78, 5) is 0. The molecule has 0 saturated heterocycles. The molecule has 0 atom stereocenters. The quantitative estimate of drug-likeness (QED) is 0.857. The Labute approximate surface area is 110 Å². The van der Waals surface area contributed by atoms with Crippen LogP contribution in [0.4, 0.5) is 0 Å². The van der Waals surface area contributed by atoms with Crippen LogP contribution in [0.2, 0.25) is 0 Å². The lowest BCUT2D eigenvalue weighted by atomic mass is 9.94. The summed E-state index contributed by atoms with van der Waals surface area (Å²) in [5.74, 6) is 0. The second-order valence-electron chi connectivity index (χ2n) is 4.82. The zero-order valence-electron chi connectivity index (χ0n) is 11.5. The molecule has 2 rings (SSSR count). The average molecular weight is 239 g/mol. The minimum Gasteiger partial charge on any atom is -0.319 e. The fourth-order valence-electron chi connectivity index (χ4n) is 2.42. The third-order valence-electron chi connectivity index (χ3n) is 3.36. The van der Waals surface area contributed by atoms with Crippen molar-refractivity contribution in [2.45, 2.75) is 20.3 Å². The van der Waals surface area contributed by atoms with Crippen LogP contribution in [0.1, 0.15) is 16.7 Å². The molecule has 0 heterocycles. The number of rotatable bonds is 4. The topological polar surface area (TPSA) is 12.0 Å². The third-order valence-corrected chi connectivity index (χ3v) is 3.36. The number of benzene rings is 2. The molecule has 2 aromatic carbocycles. The zero-order chi connectivity index (χ0) is 13.0. The Morgan fingerprint density at radius 1 is 0.944 bits per heavy atom. The molecule has 0 radical (unpaired) electrons. The van der Waals surface area contributed by atoms with Crippen LogP contribution in [0.5, 0.6) is 0 Å². The second kappa shape index (κ2) is 5.83. The fourth-order valence-corrected chi connectivity index (χ4v) is 2.42. The minimum absolute atomic E-state index is 1.02. The Morgan fingerprint density at radius 2 is 1.61 bits per heavy atom. The largest absolute Gasteiger partial charge is 0.319 e. The zero-order valence-corrected chi connectivity index (χ0v) is 11.5. The van der Waals surface area contributed by atoms with Gasteiger partial charge in [0.25, 0.3) is 0 Å². The molecular formula is C17H21N. The molecule has 0 aliphatic heterocycles. The van der Waals surface area contributed by atoms with Gasteiger partial charge in [0.1, 0.15) is 0 Å². The first-order valence-corrected chi connectivity index (χ1v) is 6.52. The van der Waals surface area contributed by atoms with Crippen molar-refractivity contribution in [2.75, 3.05) is 13.6 Å². The number of hydrogen-bond donors (Lipinski definition) is 1. The van der Waals surface area contributed by atoms with Gasteiger partial charge in [-0.25, -0.2) is 0 Å². The normalized spacial score (nSPS) is 10.6. The molecule has 0 aliphatic rings. The van der Waals surface area contributed by atoms with E-state index in [2.05, 4.69) is 61.6 Å². The van der Waals surface area contributed by atoms with Gasteiger partial charge in [-0.3, -0.25) is 0 Å². The summed E-state index contributed by atoms with van der Waals surface area (Å²) in [5.41, 5.74) is 6.80. The average Bonchev–Trinajstić information content (AvgIpc) is 2.37. The highest BCUT2D eigenvalue weighted by atomic mass is 14.8. The molecule has 2 aromatic rings. The number of likely N-dealkylation sites (N-methyl/N-ethyl adjacent to an activating group) is 1. The van der Waals surface area contributed by atoms with E-state index in [9.17, 15) is 0 Å². The van der Waals surface area contributed by atoms with Gasteiger partial charge in [-0.1, -0.05) is 42.5 Å². The van der Waals surface area contributed by atoms with Crippen LogP contribution in [-0.2, 0) is 6.42 Å². The lowest BCUT2D eigenvalue weighted by molar-refractivity contribution is 0.792. The van der Waals surface area contributed by atoms with Gasteiger partial charge in [0.15, 0.2) is 0 Å². The second-order valence-corrected chi connectivity index (χ2v) is 4.82. The maximum atomic E-state index is 3.20. The van der Waals surface area contributed by atoms with Gasteiger partial charge >= 0.3 is 0 Å². The van der Waals surface area contributed by atoms with Crippen LogP contribution in [0, 0.1) is 13.8 Å². The van der Waals surface area contributed by atoms with E-state index in [1.54, 1.807) is 0 Å². The van der Waals surface area contributed by atoms with E-state index >= 15 is 0 Å². The monoisotopic (exact) mass is 239 g/mol. The molecule has 1 N–H and O–H groups in total. The Bertz CT molecular complexity index is 509. The summed E-state index contributed by atoms with van der Waals surface area (Å²) in [6.07, 6.45) is 1.08. The predicted octanol–water partition coefficient (Wildman–Crippen LogP) is 3.73. The van der Waals surface area contributed by atoms with Gasteiger partial charge in [0.05, 0.1) is 0 Å². The minimum atomic E-state index is 1.02. The van der Waals surface area contributed by atoms with Crippen molar-refractivity contribution in [3.8, 4) is 11.1 Å². The number of hydrogen-bond acceptors (Lipinski definition) is 1. The molecule has 94 valence electrons. The fraction of sp³-hybridized carbons (Fsp3) is 0.294. The van der Waals surface area contributed by atoms with E-state index in [-0.39, 0.29) is 0 Å².